The van der Waals surface area contributed by atoms with Gasteiger partial charge in [-0.15, -0.1) is 0 Å². The number of esters is 1. The maximum absolute atomic E-state index is 12.7. The van der Waals surface area contributed by atoms with Gasteiger partial charge in [0.1, 0.15) is 10.4 Å². The largest absolute Gasteiger partial charge is 0.467 e. The molecular formula is C21H22Cl2N2O5S. The Labute approximate surface area is 191 Å². The quantitative estimate of drug-likeness (QED) is 0.591. The molecule has 2 aromatic carbocycles. The molecule has 0 aromatic heterocycles. The number of hydrogen-bond donors (Lipinski definition) is 2. The number of anilines is 1. The Hall–Kier alpha value is -2.29. The molecule has 7 nitrogen and oxygen atoms in total. The van der Waals surface area contributed by atoms with Crippen LogP contribution in [0.15, 0.2) is 47.4 Å². The Morgan fingerprint density at radius 2 is 1.65 bits per heavy atom. The normalized spacial score (nSPS) is 15.7. The summed E-state index contributed by atoms with van der Waals surface area (Å²) in [5, 5.41) is 3.09. The Bertz CT molecular complexity index is 1080. The van der Waals surface area contributed by atoms with Gasteiger partial charge in [0.2, 0.25) is 0 Å². The van der Waals surface area contributed by atoms with E-state index in [1.54, 1.807) is 0 Å². The maximum Gasteiger partial charge on any atom is 0.331 e. The molecule has 0 radical (unpaired) electrons. The van der Waals surface area contributed by atoms with Gasteiger partial charge in [-0.1, -0.05) is 42.5 Å². The van der Waals surface area contributed by atoms with Gasteiger partial charge in [-0.3, -0.25) is 9.52 Å². The average molecular weight is 485 g/mol. The van der Waals surface area contributed by atoms with Crippen LogP contribution in [0, 0.1) is 0 Å². The topological polar surface area (TPSA) is 102 Å². The average Bonchev–Trinajstić information content (AvgIpc) is 2.75. The molecule has 0 spiro atoms. The highest BCUT2D eigenvalue weighted by Crippen LogP contribution is 2.30. The number of sulfonamides is 1. The first-order valence-electron chi connectivity index (χ1n) is 9.66. The standard InChI is InChI=1S/C21H22Cl2N2O5S/c1-30-20(27)21(11-3-2-4-12-21)24-19(26)14-5-8-16(9-6-14)25-31(28,29)18-13-15(22)7-10-17(18)23/h5-10,13,25H,2-4,11-12H2,1H3,(H,24,26). The smallest absolute Gasteiger partial charge is 0.331 e. The third-order valence-corrected chi connectivity index (χ3v) is 7.32. The first-order chi connectivity index (χ1) is 14.7. The van der Waals surface area contributed by atoms with E-state index in [-0.39, 0.29) is 26.2 Å². The second-order valence-corrected chi connectivity index (χ2v) is 9.84. The zero-order valence-corrected chi connectivity index (χ0v) is 19.1. The van der Waals surface area contributed by atoms with Crippen molar-refractivity contribution in [3.63, 3.8) is 0 Å². The molecule has 10 heteroatoms. The number of nitrogens with one attached hydrogen (secondary N) is 2. The van der Waals surface area contributed by atoms with Crippen LogP contribution in [-0.4, -0.2) is 32.9 Å². The van der Waals surface area contributed by atoms with Crippen LogP contribution in [0.5, 0.6) is 0 Å². The number of ether oxygens (including phenoxy) is 1. The summed E-state index contributed by atoms with van der Waals surface area (Å²) in [6.45, 7) is 0. The van der Waals surface area contributed by atoms with Crippen molar-refractivity contribution in [2.45, 2.75) is 42.5 Å². The lowest BCUT2D eigenvalue weighted by Gasteiger charge is -2.35. The molecule has 0 aliphatic heterocycles. The van der Waals surface area contributed by atoms with Gasteiger partial charge in [0.25, 0.3) is 15.9 Å². The van der Waals surface area contributed by atoms with Crippen LogP contribution >= 0.6 is 23.2 Å². The van der Waals surface area contributed by atoms with Gasteiger partial charge in [0, 0.05) is 16.3 Å². The van der Waals surface area contributed by atoms with Crippen molar-refractivity contribution in [1.29, 1.82) is 0 Å². The molecule has 31 heavy (non-hydrogen) atoms. The van der Waals surface area contributed by atoms with Crippen molar-refractivity contribution in [3.05, 3.63) is 58.1 Å². The van der Waals surface area contributed by atoms with Gasteiger partial charge in [0.15, 0.2) is 0 Å². The van der Waals surface area contributed by atoms with Crippen molar-refractivity contribution in [2.24, 2.45) is 0 Å². The minimum Gasteiger partial charge on any atom is -0.467 e. The first-order valence-corrected chi connectivity index (χ1v) is 11.9. The fourth-order valence-corrected chi connectivity index (χ4v) is 5.43. The Kier molecular flexibility index (Phi) is 7.13. The number of halogens is 2. The maximum atomic E-state index is 12.7. The minimum atomic E-state index is -3.97. The van der Waals surface area contributed by atoms with Crippen LogP contribution in [0.4, 0.5) is 5.69 Å². The SMILES string of the molecule is COC(=O)C1(NC(=O)c2ccc(NS(=O)(=O)c3cc(Cl)ccc3Cl)cc2)CCCCC1. The van der Waals surface area contributed by atoms with Crippen molar-refractivity contribution < 1.29 is 22.7 Å². The molecule has 166 valence electrons. The van der Waals surface area contributed by atoms with E-state index >= 15 is 0 Å². The van der Waals surface area contributed by atoms with E-state index in [9.17, 15) is 18.0 Å². The summed E-state index contributed by atoms with van der Waals surface area (Å²) in [5.41, 5.74) is -0.501. The molecule has 0 atom stereocenters. The number of carbonyl (C=O) groups excluding carboxylic acids is 2. The summed E-state index contributed by atoms with van der Waals surface area (Å²) in [5.74, 6) is -0.886. The van der Waals surface area contributed by atoms with Crippen molar-refractivity contribution in [2.75, 3.05) is 11.8 Å². The number of hydrogen-bond acceptors (Lipinski definition) is 5. The number of rotatable bonds is 6. The van der Waals surface area contributed by atoms with Gasteiger partial charge in [-0.05, 0) is 55.3 Å². The van der Waals surface area contributed by atoms with Gasteiger partial charge >= 0.3 is 5.97 Å². The molecule has 1 saturated carbocycles. The summed E-state index contributed by atoms with van der Waals surface area (Å²) in [6.07, 6.45) is 3.68. The third kappa shape index (κ3) is 5.31. The zero-order chi connectivity index (χ0) is 22.6. The van der Waals surface area contributed by atoms with Gasteiger partial charge in [-0.25, -0.2) is 13.2 Å². The summed E-state index contributed by atoms with van der Waals surface area (Å²) >= 11 is 11.9. The van der Waals surface area contributed by atoms with Crippen LogP contribution in [0.2, 0.25) is 10.0 Å². The molecule has 0 bridgehead atoms. The Balaban J connectivity index is 1.75. The lowest BCUT2D eigenvalue weighted by Crippen LogP contribution is -2.56. The lowest BCUT2D eigenvalue weighted by atomic mass is 9.81. The molecule has 3 rings (SSSR count). The monoisotopic (exact) mass is 484 g/mol. The number of amides is 1. The van der Waals surface area contributed by atoms with E-state index in [1.165, 1.54) is 49.6 Å². The zero-order valence-electron chi connectivity index (χ0n) is 16.8. The Morgan fingerprint density at radius 3 is 2.26 bits per heavy atom. The number of methoxy groups -OCH3 is 1. The first kappa shape index (κ1) is 23.4. The minimum absolute atomic E-state index is 0.0356. The molecule has 1 amide bonds. The van der Waals surface area contributed by atoms with Crippen molar-refractivity contribution in [1.82, 2.24) is 5.32 Å². The van der Waals surface area contributed by atoms with Gasteiger partial charge in [0.05, 0.1) is 12.1 Å². The molecular weight excluding hydrogens is 463 g/mol. The van der Waals surface area contributed by atoms with Gasteiger partial charge < -0.3 is 10.1 Å². The van der Waals surface area contributed by atoms with Crippen LogP contribution in [0.3, 0.4) is 0 Å². The molecule has 2 aromatic rings. The van der Waals surface area contributed by atoms with Crippen LogP contribution in [-0.2, 0) is 19.6 Å². The van der Waals surface area contributed by atoms with E-state index in [0.717, 1.165) is 19.3 Å². The lowest BCUT2D eigenvalue weighted by molar-refractivity contribution is -0.149. The highest BCUT2D eigenvalue weighted by atomic mass is 35.5. The number of benzene rings is 2. The van der Waals surface area contributed by atoms with Crippen molar-refractivity contribution >= 4 is 50.8 Å². The van der Waals surface area contributed by atoms with E-state index in [1.807, 2.05) is 0 Å². The fourth-order valence-electron chi connectivity index (χ4n) is 3.60. The van der Waals surface area contributed by atoms with E-state index in [4.69, 9.17) is 27.9 Å². The summed E-state index contributed by atoms with van der Waals surface area (Å²) < 4.78 is 32.6. The molecule has 1 aliphatic rings. The predicted molar refractivity (Wildman–Crippen MR) is 119 cm³/mol. The molecule has 0 saturated heterocycles. The highest BCUT2D eigenvalue weighted by Gasteiger charge is 2.42. The number of carbonyl (C=O) groups is 2. The summed E-state index contributed by atoms with van der Waals surface area (Å²) in [4.78, 5) is 24.9. The van der Waals surface area contributed by atoms with E-state index in [2.05, 4.69) is 10.0 Å². The van der Waals surface area contributed by atoms with Crippen molar-refractivity contribution in [3.8, 4) is 0 Å². The van der Waals surface area contributed by atoms with E-state index < -0.39 is 27.4 Å². The fraction of sp³-hybridized carbons (Fsp3) is 0.333. The summed E-state index contributed by atoms with van der Waals surface area (Å²) in [6, 6.07) is 10.00. The van der Waals surface area contributed by atoms with Crippen LogP contribution < -0.4 is 10.0 Å². The molecule has 1 aliphatic carbocycles. The van der Waals surface area contributed by atoms with Crippen LogP contribution in [0.25, 0.3) is 0 Å². The second-order valence-electron chi connectivity index (χ2n) is 7.35. The molecule has 0 unspecified atom stereocenters. The Morgan fingerprint density at radius 1 is 1.00 bits per heavy atom. The predicted octanol–water partition coefficient (Wildman–Crippen LogP) is 4.40. The second kappa shape index (κ2) is 9.46. The van der Waals surface area contributed by atoms with Crippen LogP contribution in [0.1, 0.15) is 42.5 Å². The van der Waals surface area contributed by atoms with E-state index in [0.29, 0.717) is 12.8 Å². The highest BCUT2D eigenvalue weighted by molar-refractivity contribution is 7.92. The third-order valence-electron chi connectivity index (χ3n) is 5.22. The van der Waals surface area contributed by atoms with Gasteiger partial charge in [-0.2, -0.15) is 0 Å². The summed E-state index contributed by atoms with van der Waals surface area (Å²) in [7, 11) is -2.67. The molecule has 0 heterocycles. The molecule has 1 fully saturated rings. The molecule has 2 N–H and O–H groups in total.